The van der Waals surface area contributed by atoms with Gasteiger partial charge in [-0.15, -0.1) is 10.2 Å². The fraction of sp³-hybridized carbons (Fsp3) is 0.130. The Bertz CT molecular complexity index is 1190. The number of anilines is 2. The Morgan fingerprint density at radius 2 is 1.84 bits per heavy atom. The molecule has 0 atom stereocenters. The molecule has 0 unspecified atom stereocenters. The van der Waals surface area contributed by atoms with Crippen molar-refractivity contribution in [2.24, 2.45) is 0 Å². The summed E-state index contributed by atoms with van der Waals surface area (Å²) in [7, 11) is 0. The van der Waals surface area contributed by atoms with Crippen molar-refractivity contribution in [2.45, 2.75) is 6.42 Å². The maximum atomic E-state index is 6.04. The van der Waals surface area contributed by atoms with E-state index in [0.717, 1.165) is 29.6 Å². The molecule has 2 aromatic carbocycles. The van der Waals surface area contributed by atoms with E-state index in [1.54, 1.807) is 18.3 Å². The molecule has 0 saturated heterocycles. The van der Waals surface area contributed by atoms with Crippen LogP contribution in [0.4, 0.5) is 11.5 Å². The summed E-state index contributed by atoms with van der Waals surface area (Å²) in [6, 6.07) is 20.6. The van der Waals surface area contributed by atoms with Crippen LogP contribution >= 0.6 is 23.8 Å². The number of hydrogen-bond acceptors (Lipinski definition) is 6. The predicted molar refractivity (Wildman–Crippen MR) is 133 cm³/mol. The molecule has 32 heavy (non-hydrogen) atoms. The number of benzene rings is 2. The Balaban J connectivity index is 1.19. The van der Waals surface area contributed by atoms with E-state index in [1.807, 2.05) is 54.6 Å². The number of pyridine rings is 1. The van der Waals surface area contributed by atoms with Crippen molar-refractivity contribution in [1.82, 2.24) is 20.5 Å². The van der Waals surface area contributed by atoms with Gasteiger partial charge in [-0.25, -0.2) is 0 Å². The van der Waals surface area contributed by atoms with Crippen LogP contribution in [-0.4, -0.2) is 33.4 Å². The molecule has 0 bridgehead atoms. The number of ether oxygens (including phenoxy) is 1. The van der Waals surface area contributed by atoms with Crippen LogP contribution in [0.1, 0.15) is 6.42 Å². The molecule has 0 aliphatic heterocycles. The van der Waals surface area contributed by atoms with E-state index < -0.39 is 0 Å². The van der Waals surface area contributed by atoms with E-state index in [9.17, 15) is 0 Å². The molecular weight excluding hydrogens is 444 g/mol. The van der Waals surface area contributed by atoms with Gasteiger partial charge in [0.1, 0.15) is 5.75 Å². The number of fused-ring (bicyclic) bond motifs is 1. The number of halogens is 1. The minimum atomic E-state index is 0.414. The predicted octanol–water partition coefficient (Wildman–Crippen LogP) is 5.26. The van der Waals surface area contributed by atoms with Crippen LogP contribution in [-0.2, 0) is 0 Å². The molecule has 2 aromatic heterocycles. The van der Waals surface area contributed by atoms with E-state index in [1.165, 1.54) is 0 Å². The molecule has 4 rings (SSSR count). The van der Waals surface area contributed by atoms with Crippen LogP contribution in [0.3, 0.4) is 0 Å². The molecule has 0 amide bonds. The molecule has 0 aliphatic carbocycles. The first kappa shape index (κ1) is 21.7. The second-order valence-corrected chi connectivity index (χ2v) is 7.70. The van der Waals surface area contributed by atoms with Gasteiger partial charge in [-0.1, -0.05) is 29.8 Å². The highest BCUT2D eigenvalue weighted by Gasteiger charge is 2.04. The van der Waals surface area contributed by atoms with Crippen LogP contribution in [0.2, 0.25) is 5.02 Å². The fourth-order valence-corrected chi connectivity index (χ4v) is 3.37. The van der Waals surface area contributed by atoms with Crippen LogP contribution < -0.4 is 20.7 Å². The molecule has 2 heterocycles. The van der Waals surface area contributed by atoms with Gasteiger partial charge in [-0.2, -0.15) is 0 Å². The molecule has 3 N–H and O–H groups in total. The Morgan fingerprint density at radius 3 is 2.66 bits per heavy atom. The van der Waals surface area contributed by atoms with Gasteiger partial charge in [0.2, 0.25) is 5.88 Å². The monoisotopic (exact) mass is 464 g/mol. The number of aromatic nitrogens is 3. The lowest BCUT2D eigenvalue weighted by molar-refractivity contribution is 0.455. The van der Waals surface area contributed by atoms with Crippen LogP contribution in [0.15, 0.2) is 72.9 Å². The lowest BCUT2D eigenvalue weighted by Gasteiger charge is -2.12. The van der Waals surface area contributed by atoms with Crippen molar-refractivity contribution in [2.75, 3.05) is 23.7 Å². The Hall–Kier alpha value is -3.49. The van der Waals surface area contributed by atoms with Gasteiger partial charge >= 0.3 is 0 Å². The molecule has 0 spiro atoms. The summed E-state index contributed by atoms with van der Waals surface area (Å²) < 4.78 is 5.63. The van der Waals surface area contributed by atoms with Crippen LogP contribution in [0.5, 0.6) is 11.6 Å². The zero-order valence-corrected chi connectivity index (χ0v) is 18.7. The Labute approximate surface area is 196 Å². The quantitative estimate of drug-likeness (QED) is 0.240. The van der Waals surface area contributed by atoms with Gasteiger partial charge in [0.05, 0.1) is 5.52 Å². The molecule has 162 valence electrons. The molecule has 0 fully saturated rings. The molecule has 7 nitrogen and oxygen atoms in total. The van der Waals surface area contributed by atoms with Crippen LogP contribution in [0.25, 0.3) is 10.9 Å². The topological polar surface area (TPSA) is 84.0 Å². The van der Waals surface area contributed by atoms with Crippen molar-refractivity contribution in [3.8, 4) is 11.6 Å². The molecule has 0 radical (unpaired) electrons. The summed E-state index contributed by atoms with van der Waals surface area (Å²) in [5.41, 5.74) is 1.90. The standard InChI is InChI=1S/C23H21ClN6OS/c24-16-7-8-18-19(11-14-26-20(18)15-16)25-12-4-13-27-23(32)28-21-9-10-22(30-29-21)31-17-5-2-1-3-6-17/h1-3,5-11,14-15H,4,12-13H2,(H,25,26)(H2,27,28,29,32). The van der Waals surface area contributed by atoms with E-state index in [2.05, 4.69) is 31.1 Å². The smallest absolute Gasteiger partial charge is 0.238 e. The Morgan fingerprint density at radius 1 is 0.969 bits per heavy atom. The van der Waals surface area contributed by atoms with Gasteiger partial charge in [0.15, 0.2) is 10.9 Å². The maximum Gasteiger partial charge on any atom is 0.238 e. The molecule has 4 aromatic rings. The number of nitrogens with one attached hydrogen (secondary N) is 3. The summed E-state index contributed by atoms with van der Waals surface area (Å²) in [4.78, 5) is 4.36. The first-order valence-electron chi connectivity index (χ1n) is 10.1. The zero-order valence-electron chi connectivity index (χ0n) is 17.1. The summed E-state index contributed by atoms with van der Waals surface area (Å²) in [5, 5.41) is 20.0. The average molecular weight is 465 g/mol. The number of hydrogen-bond donors (Lipinski definition) is 3. The number of para-hydroxylation sites is 1. The Kier molecular flexibility index (Phi) is 7.27. The minimum Gasteiger partial charge on any atom is -0.438 e. The first-order chi connectivity index (χ1) is 15.7. The maximum absolute atomic E-state index is 6.04. The van der Waals surface area contributed by atoms with Crippen molar-refractivity contribution in [3.63, 3.8) is 0 Å². The third kappa shape index (κ3) is 6.03. The van der Waals surface area contributed by atoms with E-state index >= 15 is 0 Å². The van der Waals surface area contributed by atoms with Gasteiger partial charge < -0.3 is 20.7 Å². The third-order valence-corrected chi connectivity index (χ3v) is 4.99. The number of rotatable bonds is 8. The highest BCUT2D eigenvalue weighted by atomic mass is 35.5. The van der Waals surface area contributed by atoms with Gasteiger partial charge in [0.25, 0.3) is 0 Å². The number of thiocarbonyl (C=S) groups is 1. The van der Waals surface area contributed by atoms with Gasteiger partial charge in [-0.05, 0) is 61.1 Å². The number of nitrogens with zero attached hydrogens (tertiary/aromatic N) is 3. The van der Waals surface area contributed by atoms with Crippen molar-refractivity contribution in [1.29, 1.82) is 0 Å². The van der Waals surface area contributed by atoms with E-state index in [0.29, 0.717) is 34.1 Å². The summed E-state index contributed by atoms with van der Waals surface area (Å²) in [6.45, 7) is 1.49. The van der Waals surface area contributed by atoms with E-state index in [4.69, 9.17) is 28.6 Å². The van der Waals surface area contributed by atoms with Gasteiger partial charge in [-0.3, -0.25) is 4.98 Å². The summed E-state index contributed by atoms with van der Waals surface area (Å²) >= 11 is 11.4. The van der Waals surface area contributed by atoms with Crippen LogP contribution in [0, 0.1) is 0 Å². The summed E-state index contributed by atoms with van der Waals surface area (Å²) in [5.74, 6) is 1.66. The SMILES string of the molecule is S=C(NCCCNc1ccnc2cc(Cl)ccc12)Nc1ccc(Oc2ccccc2)nn1. The normalized spacial score (nSPS) is 10.5. The highest BCUT2D eigenvalue weighted by molar-refractivity contribution is 7.80. The lowest BCUT2D eigenvalue weighted by atomic mass is 10.2. The second kappa shape index (κ2) is 10.7. The van der Waals surface area contributed by atoms with Crippen molar-refractivity contribution < 1.29 is 4.74 Å². The second-order valence-electron chi connectivity index (χ2n) is 6.85. The fourth-order valence-electron chi connectivity index (χ4n) is 3.00. The average Bonchev–Trinajstić information content (AvgIpc) is 2.80. The van der Waals surface area contributed by atoms with E-state index in [-0.39, 0.29) is 0 Å². The first-order valence-corrected chi connectivity index (χ1v) is 10.9. The largest absolute Gasteiger partial charge is 0.438 e. The van der Waals surface area contributed by atoms with Crippen molar-refractivity contribution in [3.05, 3.63) is 77.9 Å². The molecule has 0 aliphatic rings. The third-order valence-electron chi connectivity index (χ3n) is 4.51. The summed E-state index contributed by atoms with van der Waals surface area (Å²) in [6.07, 6.45) is 2.64. The zero-order chi connectivity index (χ0) is 22.2. The lowest BCUT2D eigenvalue weighted by Crippen LogP contribution is -2.30. The minimum absolute atomic E-state index is 0.414. The molecule has 9 heteroatoms. The highest BCUT2D eigenvalue weighted by Crippen LogP contribution is 2.24. The van der Waals surface area contributed by atoms with Gasteiger partial charge in [0, 0.05) is 41.4 Å². The molecule has 0 saturated carbocycles. The molecular formula is C23H21ClN6OS. The van der Waals surface area contributed by atoms with Crippen molar-refractivity contribution >= 4 is 51.3 Å².